The van der Waals surface area contributed by atoms with Gasteiger partial charge in [-0.15, -0.1) is 0 Å². The Morgan fingerprint density at radius 1 is 1.40 bits per heavy atom. The lowest BCUT2D eigenvalue weighted by molar-refractivity contribution is -0.122. The van der Waals surface area contributed by atoms with E-state index < -0.39 is 0 Å². The lowest BCUT2D eigenvalue weighted by atomic mass is 9.95. The third kappa shape index (κ3) is 8.39. The van der Waals surface area contributed by atoms with Crippen molar-refractivity contribution in [3.63, 3.8) is 0 Å². The summed E-state index contributed by atoms with van der Waals surface area (Å²) in [6, 6.07) is 0. The summed E-state index contributed by atoms with van der Waals surface area (Å²) in [5.74, 6) is -0.0207. The van der Waals surface area contributed by atoms with Gasteiger partial charge < -0.3 is 15.2 Å². The first-order chi connectivity index (χ1) is 7.02. The Hall–Kier alpha value is -0.610. The molecule has 0 saturated heterocycles. The fraction of sp³-hybridized carbons (Fsp3) is 0.909. The van der Waals surface area contributed by atoms with Crippen LogP contribution < -0.4 is 5.32 Å². The molecule has 1 amide bonds. The molecule has 0 rings (SSSR count). The van der Waals surface area contributed by atoms with Gasteiger partial charge in [0, 0.05) is 31.6 Å². The number of aliphatic hydroxyl groups is 1. The third-order valence-corrected chi connectivity index (χ3v) is 2.01. The standard InChI is InChI=1S/C11H23NO3/c1-4-6-15-7-5-10(14)12-8-11(2,3)9-13/h13H,4-9H2,1-3H3,(H,12,14). The molecular weight excluding hydrogens is 194 g/mol. The number of aliphatic hydroxyl groups excluding tert-OH is 1. The van der Waals surface area contributed by atoms with Crippen molar-refractivity contribution in [1.82, 2.24) is 5.32 Å². The predicted octanol–water partition coefficient (Wildman–Crippen LogP) is 0.938. The summed E-state index contributed by atoms with van der Waals surface area (Å²) in [4.78, 5) is 11.3. The van der Waals surface area contributed by atoms with E-state index in [0.29, 0.717) is 26.2 Å². The van der Waals surface area contributed by atoms with Gasteiger partial charge in [-0.2, -0.15) is 0 Å². The molecule has 0 spiro atoms. The van der Waals surface area contributed by atoms with E-state index in [1.807, 2.05) is 20.8 Å². The number of amides is 1. The van der Waals surface area contributed by atoms with Gasteiger partial charge in [0.15, 0.2) is 0 Å². The van der Waals surface area contributed by atoms with Crippen LogP contribution in [0.4, 0.5) is 0 Å². The zero-order valence-electron chi connectivity index (χ0n) is 10.0. The Bertz CT molecular complexity index is 181. The SMILES string of the molecule is CCCOCCC(=O)NCC(C)(C)CO. The second-order valence-electron chi connectivity index (χ2n) is 4.46. The van der Waals surface area contributed by atoms with E-state index in [1.165, 1.54) is 0 Å². The minimum absolute atomic E-state index is 0.0207. The molecule has 0 aromatic carbocycles. The highest BCUT2D eigenvalue weighted by molar-refractivity contribution is 5.75. The molecule has 0 aliphatic carbocycles. The zero-order valence-corrected chi connectivity index (χ0v) is 10.0. The molecule has 0 heterocycles. The fourth-order valence-electron chi connectivity index (χ4n) is 0.893. The van der Waals surface area contributed by atoms with Gasteiger partial charge in [-0.1, -0.05) is 20.8 Å². The molecule has 0 aromatic rings. The molecule has 0 aromatic heterocycles. The Balaban J connectivity index is 3.49. The van der Waals surface area contributed by atoms with Gasteiger partial charge in [0.25, 0.3) is 0 Å². The summed E-state index contributed by atoms with van der Waals surface area (Å²) in [7, 11) is 0. The van der Waals surface area contributed by atoms with Gasteiger partial charge in [0.2, 0.25) is 5.91 Å². The van der Waals surface area contributed by atoms with Crippen LogP contribution in [0.1, 0.15) is 33.6 Å². The normalized spacial score (nSPS) is 11.5. The number of carbonyl (C=O) groups excluding carboxylic acids is 1. The largest absolute Gasteiger partial charge is 0.396 e. The van der Waals surface area contributed by atoms with E-state index >= 15 is 0 Å². The van der Waals surface area contributed by atoms with Crippen LogP contribution in [0.2, 0.25) is 0 Å². The molecule has 0 bridgehead atoms. The third-order valence-electron chi connectivity index (χ3n) is 2.01. The quantitative estimate of drug-likeness (QED) is 0.595. The minimum atomic E-state index is -0.250. The predicted molar refractivity (Wildman–Crippen MR) is 59.6 cm³/mol. The van der Waals surface area contributed by atoms with E-state index in [1.54, 1.807) is 0 Å². The molecule has 4 nitrogen and oxygen atoms in total. The zero-order chi connectivity index (χ0) is 11.7. The molecule has 0 aliphatic rings. The van der Waals surface area contributed by atoms with Crippen molar-refractivity contribution >= 4 is 5.91 Å². The first kappa shape index (κ1) is 14.4. The summed E-state index contributed by atoms with van der Waals surface area (Å²) < 4.78 is 5.20. The summed E-state index contributed by atoms with van der Waals surface area (Å²) >= 11 is 0. The number of nitrogens with one attached hydrogen (secondary N) is 1. The van der Waals surface area contributed by atoms with Gasteiger partial charge in [0.1, 0.15) is 0 Å². The van der Waals surface area contributed by atoms with Gasteiger partial charge in [-0.05, 0) is 6.42 Å². The van der Waals surface area contributed by atoms with Crippen LogP contribution in [-0.4, -0.2) is 37.4 Å². The average Bonchev–Trinajstić information content (AvgIpc) is 2.22. The molecule has 0 fully saturated rings. The van der Waals surface area contributed by atoms with Crippen molar-refractivity contribution in [3.8, 4) is 0 Å². The lowest BCUT2D eigenvalue weighted by Crippen LogP contribution is -2.36. The van der Waals surface area contributed by atoms with Crippen LogP contribution in [0.25, 0.3) is 0 Å². The molecule has 90 valence electrons. The molecule has 0 radical (unpaired) electrons. The van der Waals surface area contributed by atoms with Crippen LogP contribution in [0.15, 0.2) is 0 Å². The van der Waals surface area contributed by atoms with Crippen molar-refractivity contribution in [2.75, 3.05) is 26.4 Å². The Morgan fingerprint density at radius 2 is 2.07 bits per heavy atom. The van der Waals surface area contributed by atoms with Crippen LogP contribution in [-0.2, 0) is 9.53 Å². The van der Waals surface area contributed by atoms with Crippen molar-refractivity contribution < 1.29 is 14.6 Å². The number of ether oxygens (including phenoxy) is 1. The summed E-state index contributed by atoms with van der Waals surface area (Å²) in [5, 5.41) is 11.7. The molecule has 0 saturated carbocycles. The van der Waals surface area contributed by atoms with E-state index in [2.05, 4.69) is 5.32 Å². The molecule has 15 heavy (non-hydrogen) atoms. The molecule has 2 N–H and O–H groups in total. The van der Waals surface area contributed by atoms with Gasteiger partial charge in [0.05, 0.1) is 6.61 Å². The highest BCUT2D eigenvalue weighted by Gasteiger charge is 2.17. The monoisotopic (exact) mass is 217 g/mol. The second kappa shape index (κ2) is 7.65. The lowest BCUT2D eigenvalue weighted by Gasteiger charge is -2.21. The number of carbonyl (C=O) groups is 1. The summed E-state index contributed by atoms with van der Waals surface area (Å²) in [5.41, 5.74) is -0.250. The molecule has 4 heteroatoms. The number of hydrogen-bond acceptors (Lipinski definition) is 3. The molecule has 0 unspecified atom stereocenters. The number of rotatable bonds is 8. The van der Waals surface area contributed by atoms with Gasteiger partial charge in [-0.3, -0.25) is 4.79 Å². The Kier molecular flexibility index (Phi) is 7.34. The van der Waals surface area contributed by atoms with Crippen LogP contribution in [0.3, 0.4) is 0 Å². The van der Waals surface area contributed by atoms with E-state index in [4.69, 9.17) is 9.84 Å². The molecular formula is C11H23NO3. The first-order valence-electron chi connectivity index (χ1n) is 5.47. The highest BCUT2D eigenvalue weighted by Crippen LogP contribution is 2.10. The van der Waals surface area contributed by atoms with Crippen LogP contribution in [0, 0.1) is 5.41 Å². The van der Waals surface area contributed by atoms with Crippen molar-refractivity contribution in [2.45, 2.75) is 33.6 Å². The van der Waals surface area contributed by atoms with Crippen LogP contribution >= 0.6 is 0 Å². The summed E-state index contributed by atoms with van der Waals surface area (Å²) in [6.07, 6.45) is 1.36. The van der Waals surface area contributed by atoms with Crippen molar-refractivity contribution in [3.05, 3.63) is 0 Å². The van der Waals surface area contributed by atoms with Gasteiger partial charge in [-0.25, -0.2) is 0 Å². The smallest absolute Gasteiger partial charge is 0.222 e. The molecule has 0 atom stereocenters. The van der Waals surface area contributed by atoms with E-state index in [-0.39, 0.29) is 17.9 Å². The maximum Gasteiger partial charge on any atom is 0.222 e. The topological polar surface area (TPSA) is 58.6 Å². The first-order valence-corrected chi connectivity index (χ1v) is 5.47. The van der Waals surface area contributed by atoms with Crippen LogP contribution in [0.5, 0.6) is 0 Å². The molecule has 0 aliphatic heterocycles. The van der Waals surface area contributed by atoms with E-state index in [9.17, 15) is 4.79 Å². The maximum atomic E-state index is 11.3. The second-order valence-corrected chi connectivity index (χ2v) is 4.46. The fourth-order valence-corrected chi connectivity index (χ4v) is 0.893. The minimum Gasteiger partial charge on any atom is -0.396 e. The van der Waals surface area contributed by atoms with Gasteiger partial charge >= 0.3 is 0 Å². The Morgan fingerprint density at radius 3 is 2.60 bits per heavy atom. The number of hydrogen-bond donors (Lipinski definition) is 2. The van der Waals surface area contributed by atoms with Crippen molar-refractivity contribution in [2.24, 2.45) is 5.41 Å². The van der Waals surface area contributed by atoms with E-state index in [0.717, 1.165) is 6.42 Å². The average molecular weight is 217 g/mol. The summed E-state index contributed by atoms with van der Waals surface area (Å²) in [6.45, 7) is 7.58. The Labute approximate surface area is 92.0 Å². The maximum absolute atomic E-state index is 11.3. The highest BCUT2D eigenvalue weighted by atomic mass is 16.5. The van der Waals surface area contributed by atoms with Crippen molar-refractivity contribution in [1.29, 1.82) is 0 Å².